The molecule has 8 heteroatoms. The highest BCUT2D eigenvalue weighted by Crippen LogP contribution is 2.18. The average molecular weight is 290 g/mol. The number of halogens is 1. The lowest BCUT2D eigenvalue weighted by atomic mass is 10.5. The van der Waals surface area contributed by atoms with E-state index in [4.69, 9.17) is 10.5 Å². The Labute approximate surface area is 98.4 Å². The van der Waals surface area contributed by atoms with Gasteiger partial charge < -0.3 is 10.5 Å². The van der Waals surface area contributed by atoms with Crippen LogP contribution in [0.3, 0.4) is 0 Å². The summed E-state index contributed by atoms with van der Waals surface area (Å²) in [6.07, 6.45) is 0. The Kier molecular flexibility index (Phi) is 2.87. The van der Waals surface area contributed by atoms with Crippen LogP contribution in [-0.4, -0.2) is 26.2 Å². The molecule has 6 nitrogen and oxygen atoms in total. The summed E-state index contributed by atoms with van der Waals surface area (Å²) >= 11 is 4.62. The summed E-state index contributed by atoms with van der Waals surface area (Å²) in [7, 11) is 1.59. The van der Waals surface area contributed by atoms with Crippen LogP contribution in [0.15, 0.2) is 10.8 Å². The average Bonchev–Trinajstić information content (AvgIpc) is 2.75. The second-order valence-electron chi connectivity index (χ2n) is 2.73. The molecule has 0 aromatic carbocycles. The fourth-order valence-electron chi connectivity index (χ4n) is 1.05. The van der Waals surface area contributed by atoms with Crippen LogP contribution in [0.5, 0.6) is 5.88 Å². The normalized spacial score (nSPS) is 10.5. The summed E-state index contributed by atoms with van der Waals surface area (Å²) < 4.78 is 11.3. The first kappa shape index (κ1) is 10.4. The van der Waals surface area contributed by atoms with Gasteiger partial charge in [-0.1, -0.05) is 0 Å². The van der Waals surface area contributed by atoms with Crippen molar-refractivity contribution in [3.05, 3.63) is 15.7 Å². The van der Waals surface area contributed by atoms with Crippen molar-refractivity contribution in [2.45, 2.75) is 6.54 Å². The van der Waals surface area contributed by atoms with Crippen molar-refractivity contribution in [2.75, 3.05) is 12.8 Å². The minimum atomic E-state index is 0.248. The highest BCUT2D eigenvalue weighted by molar-refractivity contribution is 9.10. The summed E-state index contributed by atoms with van der Waals surface area (Å²) in [6.45, 7) is 0.575. The molecule has 15 heavy (non-hydrogen) atoms. The molecule has 0 spiro atoms. The van der Waals surface area contributed by atoms with Crippen molar-refractivity contribution in [3.8, 4) is 5.88 Å². The Morgan fingerprint density at radius 2 is 2.47 bits per heavy atom. The second kappa shape index (κ2) is 4.15. The van der Waals surface area contributed by atoms with E-state index in [1.54, 1.807) is 11.8 Å². The summed E-state index contributed by atoms with van der Waals surface area (Å²) in [5.41, 5.74) is 5.45. The first-order chi connectivity index (χ1) is 7.19. The number of methoxy groups -OCH3 is 1. The van der Waals surface area contributed by atoms with E-state index in [-0.39, 0.29) is 5.95 Å². The molecule has 80 valence electrons. The fraction of sp³-hybridized carbons (Fsp3) is 0.286. The van der Waals surface area contributed by atoms with E-state index < -0.39 is 0 Å². The molecule has 2 rings (SSSR count). The molecule has 0 saturated carbocycles. The van der Waals surface area contributed by atoms with Crippen molar-refractivity contribution in [2.24, 2.45) is 0 Å². The van der Waals surface area contributed by atoms with E-state index in [0.29, 0.717) is 17.2 Å². The van der Waals surface area contributed by atoms with Gasteiger partial charge in [0, 0.05) is 6.07 Å². The molecule has 0 bridgehead atoms. The molecule has 0 atom stereocenters. The maximum Gasteiger partial charge on any atom is 0.240 e. The summed E-state index contributed by atoms with van der Waals surface area (Å²) in [4.78, 5) is 4.96. The van der Waals surface area contributed by atoms with Crippen LogP contribution in [0, 0.1) is 0 Å². The van der Waals surface area contributed by atoms with Crippen molar-refractivity contribution in [1.82, 2.24) is 19.1 Å². The highest BCUT2D eigenvalue weighted by Gasteiger charge is 2.08. The lowest BCUT2D eigenvalue weighted by molar-refractivity contribution is 0.402. The molecule has 0 aliphatic rings. The van der Waals surface area contributed by atoms with Crippen molar-refractivity contribution in [1.29, 1.82) is 0 Å². The Bertz CT molecular complexity index is 468. The zero-order valence-electron chi connectivity index (χ0n) is 7.85. The van der Waals surface area contributed by atoms with E-state index in [1.165, 1.54) is 11.5 Å². The SMILES string of the molecule is COc1cc(Cn2nc(N)nc2Br)sn1. The Morgan fingerprint density at radius 1 is 1.67 bits per heavy atom. The molecule has 0 unspecified atom stereocenters. The lowest BCUT2D eigenvalue weighted by Crippen LogP contribution is -2.01. The van der Waals surface area contributed by atoms with Crippen LogP contribution in [0.4, 0.5) is 5.95 Å². The molecule has 2 aromatic heterocycles. The van der Waals surface area contributed by atoms with Gasteiger partial charge in [0.2, 0.25) is 11.8 Å². The smallest absolute Gasteiger partial charge is 0.240 e. The highest BCUT2D eigenvalue weighted by atomic mass is 79.9. The quantitative estimate of drug-likeness (QED) is 0.917. The van der Waals surface area contributed by atoms with Gasteiger partial charge in [-0.3, -0.25) is 0 Å². The molecule has 0 fully saturated rings. The van der Waals surface area contributed by atoms with Gasteiger partial charge in [0.25, 0.3) is 0 Å². The van der Waals surface area contributed by atoms with Gasteiger partial charge in [0.15, 0.2) is 4.73 Å². The molecule has 2 heterocycles. The number of anilines is 1. The van der Waals surface area contributed by atoms with Crippen LogP contribution in [0.25, 0.3) is 0 Å². The number of rotatable bonds is 3. The third kappa shape index (κ3) is 2.26. The molecule has 0 radical (unpaired) electrons. The van der Waals surface area contributed by atoms with E-state index >= 15 is 0 Å². The Balaban J connectivity index is 2.17. The van der Waals surface area contributed by atoms with Crippen LogP contribution >= 0.6 is 27.5 Å². The monoisotopic (exact) mass is 289 g/mol. The van der Waals surface area contributed by atoms with Gasteiger partial charge in [0.05, 0.1) is 18.5 Å². The van der Waals surface area contributed by atoms with Crippen LogP contribution < -0.4 is 10.5 Å². The number of aromatic nitrogens is 4. The number of ether oxygens (including phenoxy) is 1. The summed E-state index contributed by atoms with van der Waals surface area (Å²) in [5.74, 6) is 0.859. The minimum absolute atomic E-state index is 0.248. The molecular weight excluding hydrogens is 282 g/mol. The molecule has 2 N–H and O–H groups in total. The predicted octanol–water partition coefficient (Wildman–Crippen LogP) is 1.14. The van der Waals surface area contributed by atoms with Crippen LogP contribution in [-0.2, 0) is 6.54 Å². The largest absolute Gasteiger partial charge is 0.480 e. The fourth-order valence-corrected chi connectivity index (χ4v) is 2.11. The summed E-state index contributed by atoms with van der Waals surface area (Å²) in [5, 5.41) is 4.02. The first-order valence-electron chi connectivity index (χ1n) is 4.04. The van der Waals surface area contributed by atoms with Gasteiger partial charge in [-0.15, -0.1) is 5.10 Å². The summed E-state index contributed by atoms with van der Waals surface area (Å²) in [6, 6.07) is 1.86. The predicted molar refractivity (Wildman–Crippen MR) is 59.9 cm³/mol. The zero-order chi connectivity index (χ0) is 10.8. The maximum atomic E-state index is 5.45. The maximum absolute atomic E-state index is 5.45. The standard InChI is InChI=1S/C7H8BrN5OS/c1-14-5-2-4(15-12-5)3-13-6(8)10-7(9)11-13/h2H,3H2,1H3,(H2,9,11). The second-order valence-corrected chi connectivity index (χ2v) is 4.33. The molecule has 2 aromatic rings. The number of hydrogen-bond acceptors (Lipinski definition) is 6. The van der Waals surface area contributed by atoms with E-state index in [1.807, 2.05) is 6.07 Å². The molecule has 0 saturated heterocycles. The zero-order valence-corrected chi connectivity index (χ0v) is 10.2. The topological polar surface area (TPSA) is 78.9 Å². The van der Waals surface area contributed by atoms with Crippen molar-refractivity contribution < 1.29 is 4.74 Å². The Hall–Kier alpha value is -1.15. The molecular formula is C7H8BrN5OS. The molecule has 0 aliphatic carbocycles. The van der Waals surface area contributed by atoms with E-state index in [9.17, 15) is 0 Å². The third-order valence-electron chi connectivity index (χ3n) is 1.70. The number of nitrogens with zero attached hydrogens (tertiary/aromatic N) is 4. The molecule has 0 aliphatic heterocycles. The van der Waals surface area contributed by atoms with Gasteiger partial charge in [-0.2, -0.15) is 9.36 Å². The lowest BCUT2D eigenvalue weighted by Gasteiger charge is -1.96. The number of nitrogens with two attached hydrogens (primary N) is 1. The molecule has 0 amide bonds. The first-order valence-corrected chi connectivity index (χ1v) is 5.61. The van der Waals surface area contributed by atoms with Crippen molar-refractivity contribution in [3.63, 3.8) is 0 Å². The van der Waals surface area contributed by atoms with Gasteiger partial charge in [-0.25, -0.2) is 4.68 Å². The van der Waals surface area contributed by atoms with E-state index in [2.05, 4.69) is 30.4 Å². The van der Waals surface area contributed by atoms with Crippen LogP contribution in [0.2, 0.25) is 0 Å². The van der Waals surface area contributed by atoms with Crippen LogP contribution in [0.1, 0.15) is 4.88 Å². The Morgan fingerprint density at radius 3 is 3.00 bits per heavy atom. The van der Waals surface area contributed by atoms with Gasteiger partial charge in [0.1, 0.15) is 0 Å². The van der Waals surface area contributed by atoms with Gasteiger partial charge >= 0.3 is 0 Å². The van der Waals surface area contributed by atoms with E-state index in [0.717, 1.165) is 4.88 Å². The minimum Gasteiger partial charge on any atom is -0.480 e. The number of hydrogen-bond donors (Lipinski definition) is 1. The number of nitrogen functional groups attached to an aromatic ring is 1. The van der Waals surface area contributed by atoms with Gasteiger partial charge in [-0.05, 0) is 27.5 Å². The van der Waals surface area contributed by atoms with Crippen molar-refractivity contribution >= 4 is 33.4 Å². The third-order valence-corrected chi connectivity index (χ3v) is 3.03.